The van der Waals surface area contributed by atoms with Crippen LogP contribution in [0.5, 0.6) is 5.75 Å². The molecule has 1 aromatic carbocycles. The van der Waals surface area contributed by atoms with Crippen molar-refractivity contribution < 1.29 is 39.2 Å². The first kappa shape index (κ1) is 25.0. The van der Waals surface area contributed by atoms with Gasteiger partial charge in [-0.3, -0.25) is 24.2 Å². The van der Waals surface area contributed by atoms with E-state index < -0.39 is 63.4 Å². The molecule has 5 aliphatic rings. The third-order valence-electron chi connectivity index (χ3n) is 9.23. The normalized spacial score (nSPS) is 32.9. The summed E-state index contributed by atoms with van der Waals surface area (Å²) < 4.78 is 16.0. The number of halogens is 1. The van der Waals surface area contributed by atoms with Crippen LogP contribution in [-0.4, -0.2) is 79.5 Å². The fraction of sp³-hybridized carbons (Fsp3) is 0.519. The number of amides is 1. The summed E-state index contributed by atoms with van der Waals surface area (Å²) in [6, 6.07) is -0.881. The number of aromatic hydroxyl groups is 1. The smallest absolute Gasteiger partial charge is 0.255 e. The van der Waals surface area contributed by atoms with Crippen molar-refractivity contribution in [1.82, 2.24) is 9.80 Å². The standard InChI is InChI=1S/C27H30FN3O7/c1-26-6-11-15(20(32)13-9-31(10-4-5-10)8-12(13)18(11)28)21(33)17(26)24(36)27(38)14(7-26)19(30(2)3)22(34)16(23(27)35)25(29)37/h10,14,19,32-33,35,38H,4-9H2,1-3H3,(H2,29,37)/t14-,19-,26-,27+/m0/s1. The van der Waals surface area contributed by atoms with Crippen LogP contribution < -0.4 is 5.73 Å². The third-order valence-corrected chi connectivity index (χ3v) is 9.23. The van der Waals surface area contributed by atoms with Gasteiger partial charge in [-0.1, -0.05) is 6.92 Å². The number of rotatable bonds is 3. The number of fused-ring (bicyclic) bond motifs is 4. The van der Waals surface area contributed by atoms with Crippen molar-refractivity contribution in [2.75, 3.05) is 14.1 Å². The van der Waals surface area contributed by atoms with E-state index in [2.05, 4.69) is 4.90 Å². The fourth-order valence-corrected chi connectivity index (χ4v) is 7.31. The molecular formula is C27H30FN3O7. The third kappa shape index (κ3) is 2.95. The maximum atomic E-state index is 16.0. The average molecular weight is 528 g/mol. The summed E-state index contributed by atoms with van der Waals surface area (Å²) in [5, 5.41) is 45.4. The van der Waals surface area contributed by atoms with Crippen molar-refractivity contribution in [3.8, 4) is 5.75 Å². The average Bonchev–Trinajstić information content (AvgIpc) is 3.57. The Kier molecular flexibility index (Phi) is 5.03. The van der Waals surface area contributed by atoms with Crippen LogP contribution in [0.1, 0.15) is 48.4 Å². The number of hydrogen-bond donors (Lipinski definition) is 5. The lowest BCUT2D eigenvalue weighted by molar-refractivity contribution is -0.156. The Bertz CT molecular complexity index is 1430. The van der Waals surface area contributed by atoms with Gasteiger partial charge in [-0.05, 0) is 39.8 Å². The molecule has 0 aromatic heterocycles. The minimum absolute atomic E-state index is 0.0713. The summed E-state index contributed by atoms with van der Waals surface area (Å²) >= 11 is 0. The van der Waals surface area contributed by atoms with Gasteiger partial charge in [0.05, 0.1) is 11.6 Å². The molecule has 11 heteroatoms. The molecular weight excluding hydrogens is 497 g/mol. The van der Waals surface area contributed by atoms with E-state index in [1.165, 1.54) is 19.0 Å². The van der Waals surface area contributed by atoms with E-state index >= 15 is 4.39 Å². The van der Waals surface area contributed by atoms with E-state index in [4.69, 9.17) is 5.73 Å². The number of aliphatic hydroxyl groups excluding tert-OH is 2. The number of hydrogen-bond acceptors (Lipinski definition) is 9. The minimum atomic E-state index is -2.73. The number of nitrogens with zero attached hydrogens (tertiary/aromatic N) is 2. The van der Waals surface area contributed by atoms with Gasteiger partial charge in [-0.2, -0.15) is 0 Å². The number of nitrogens with two attached hydrogens (primary N) is 1. The van der Waals surface area contributed by atoms with Crippen LogP contribution in [0.4, 0.5) is 4.39 Å². The van der Waals surface area contributed by atoms with Gasteiger partial charge in [-0.15, -0.1) is 0 Å². The molecule has 0 unspecified atom stereocenters. The second-order valence-corrected chi connectivity index (χ2v) is 11.8. The van der Waals surface area contributed by atoms with Gasteiger partial charge >= 0.3 is 0 Å². The zero-order chi connectivity index (χ0) is 27.6. The Morgan fingerprint density at radius 3 is 2.32 bits per heavy atom. The van der Waals surface area contributed by atoms with Crippen LogP contribution in [0.15, 0.2) is 16.9 Å². The topological polar surface area (TPSA) is 165 Å². The molecule has 0 bridgehead atoms. The summed E-state index contributed by atoms with van der Waals surface area (Å²) in [7, 11) is 3.06. The lowest BCUT2D eigenvalue weighted by atomic mass is 9.52. The first-order valence-corrected chi connectivity index (χ1v) is 12.7. The lowest BCUT2D eigenvalue weighted by Crippen LogP contribution is -2.67. The highest BCUT2D eigenvalue weighted by atomic mass is 19.1. The van der Waals surface area contributed by atoms with E-state index in [-0.39, 0.29) is 35.3 Å². The molecule has 38 heavy (non-hydrogen) atoms. The number of phenolic OH excluding ortho intramolecular Hbond substituents is 1. The molecule has 4 atom stereocenters. The molecule has 1 aromatic rings. The second kappa shape index (κ2) is 7.64. The number of Topliss-reactive ketones (excluding diaryl/α,β-unsaturated/α-hetero) is 2. The molecule has 0 spiro atoms. The summed E-state index contributed by atoms with van der Waals surface area (Å²) in [5.74, 6) is -7.15. The minimum Gasteiger partial charge on any atom is -0.508 e. The van der Waals surface area contributed by atoms with Gasteiger partial charge in [-0.25, -0.2) is 4.39 Å². The number of likely N-dealkylation sites (N-methyl/N-ethyl adjacent to an activating group) is 1. The van der Waals surface area contributed by atoms with Crippen LogP contribution in [0.25, 0.3) is 5.76 Å². The largest absolute Gasteiger partial charge is 0.508 e. The van der Waals surface area contributed by atoms with Gasteiger partial charge in [0.15, 0.2) is 11.4 Å². The molecule has 1 aliphatic heterocycles. The Balaban J connectivity index is 1.57. The number of benzene rings is 1. The van der Waals surface area contributed by atoms with Crippen LogP contribution in [-0.2, 0) is 33.9 Å². The van der Waals surface area contributed by atoms with E-state index in [0.717, 1.165) is 12.8 Å². The molecule has 1 amide bonds. The van der Waals surface area contributed by atoms with Crippen LogP contribution >= 0.6 is 0 Å². The maximum Gasteiger partial charge on any atom is 0.255 e. The first-order chi connectivity index (χ1) is 17.7. The highest BCUT2D eigenvalue weighted by molar-refractivity contribution is 6.24. The number of carbonyl (C=O) groups excluding carboxylic acids is 3. The van der Waals surface area contributed by atoms with Gasteiger partial charge in [0.1, 0.15) is 28.7 Å². The number of phenols is 1. The molecule has 0 saturated heterocycles. The number of aliphatic hydroxyl groups is 3. The van der Waals surface area contributed by atoms with E-state index in [1.54, 1.807) is 6.92 Å². The summed E-state index contributed by atoms with van der Waals surface area (Å²) in [6.07, 6.45) is 1.80. The second-order valence-electron chi connectivity index (χ2n) is 11.8. The van der Waals surface area contributed by atoms with Crippen molar-refractivity contribution in [3.05, 3.63) is 45.0 Å². The van der Waals surface area contributed by atoms with Gasteiger partial charge in [0.25, 0.3) is 5.91 Å². The van der Waals surface area contributed by atoms with E-state index in [9.17, 15) is 34.8 Å². The quantitative estimate of drug-likeness (QED) is 0.360. The molecule has 202 valence electrons. The molecule has 4 aliphatic carbocycles. The number of ketones is 2. The zero-order valence-electron chi connectivity index (χ0n) is 21.3. The van der Waals surface area contributed by atoms with E-state index in [0.29, 0.717) is 30.3 Å². The van der Waals surface area contributed by atoms with Gasteiger partial charge in [0.2, 0.25) is 5.78 Å². The summed E-state index contributed by atoms with van der Waals surface area (Å²) in [4.78, 5) is 42.9. The van der Waals surface area contributed by atoms with Gasteiger partial charge < -0.3 is 26.2 Å². The molecule has 6 N–H and O–H groups in total. The van der Waals surface area contributed by atoms with Crippen molar-refractivity contribution in [1.29, 1.82) is 0 Å². The predicted molar refractivity (Wildman–Crippen MR) is 131 cm³/mol. The van der Waals surface area contributed by atoms with Gasteiger partial charge in [0, 0.05) is 52.7 Å². The molecule has 6 rings (SSSR count). The zero-order valence-corrected chi connectivity index (χ0v) is 21.3. The van der Waals surface area contributed by atoms with Crippen molar-refractivity contribution in [2.45, 2.75) is 63.4 Å². The predicted octanol–water partition coefficient (Wildman–Crippen LogP) is 0.971. The van der Waals surface area contributed by atoms with Crippen molar-refractivity contribution in [3.63, 3.8) is 0 Å². The Hall–Kier alpha value is -3.28. The van der Waals surface area contributed by atoms with Crippen LogP contribution in [0.2, 0.25) is 0 Å². The van der Waals surface area contributed by atoms with Crippen LogP contribution in [0, 0.1) is 17.2 Å². The Labute approximate surface area is 217 Å². The Morgan fingerprint density at radius 2 is 1.74 bits per heavy atom. The lowest BCUT2D eigenvalue weighted by Gasteiger charge is -2.53. The molecule has 2 fully saturated rings. The molecule has 10 nitrogen and oxygen atoms in total. The highest BCUT2D eigenvalue weighted by Crippen LogP contribution is 2.59. The van der Waals surface area contributed by atoms with Crippen LogP contribution in [0.3, 0.4) is 0 Å². The molecule has 0 radical (unpaired) electrons. The van der Waals surface area contributed by atoms with E-state index in [1.807, 2.05) is 0 Å². The fourth-order valence-electron chi connectivity index (χ4n) is 7.31. The summed E-state index contributed by atoms with van der Waals surface area (Å²) in [6.45, 7) is 2.28. The molecule has 1 heterocycles. The first-order valence-electron chi connectivity index (χ1n) is 12.7. The monoisotopic (exact) mass is 527 g/mol. The molecule has 2 saturated carbocycles. The number of carbonyl (C=O) groups is 3. The van der Waals surface area contributed by atoms with Crippen molar-refractivity contribution in [2.24, 2.45) is 17.1 Å². The number of primary amides is 1. The summed E-state index contributed by atoms with van der Waals surface area (Å²) in [5.41, 5.74) is 0.806. The van der Waals surface area contributed by atoms with Crippen molar-refractivity contribution >= 4 is 23.2 Å². The SMILES string of the molecule is CN(C)[C@@H]1C(=O)C(C(N)=O)=C(O)[C@@]2(O)C(=O)C3=C(O)c4c(O)c5c(c(F)c4C[C@@]3(C)C[C@@H]12)CN(C1CC1)C5. The maximum absolute atomic E-state index is 16.0. The Morgan fingerprint density at radius 1 is 1.11 bits per heavy atom. The highest BCUT2D eigenvalue weighted by Gasteiger charge is 2.66.